The molecule has 2 saturated heterocycles. The number of guanidine groups is 1. The summed E-state index contributed by atoms with van der Waals surface area (Å²) in [5.41, 5.74) is 1.27. The van der Waals surface area contributed by atoms with Crippen molar-refractivity contribution in [2.75, 3.05) is 20.2 Å². The molecule has 2 bridgehead atoms. The minimum absolute atomic E-state index is 0.362. The van der Waals surface area contributed by atoms with Crippen LogP contribution in [0, 0.1) is 0 Å². The predicted octanol–water partition coefficient (Wildman–Crippen LogP) is 2.11. The van der Waals surface area contributed by atoms with Gasteiger partial charge in [0, 0.05) is 13.6 Å². The molecular weight excluding hydrogens is 290 g/mol. The Balaban J connectivity index is 1.44. The largest absolute Gasteiger partial charge is 0.494 e. The first kappa shape index (κ1) is 16.1. The van der Waals surface area contributed by atoms with Crippen LogP contribution in [0.4, 0.5) is 0 Å². The molecule has 2 N–H and O–H groups in total. The van der Waals surface area contributed by atoms with Crippen LogP contribution in [-0.4, -0.2) is 44.4 Å². The van der Waals surface area contributed by atoms with E-state index in [1.807, 2.05) is 26.1 Å². The Morgan fingerprint density at radius 2 is 2.30 bits per heavy atom. The number of hydrogen-bond acceptors (Lipinski definition) is 3. The average molecular weight is 317 g/mol. The van der Waals surface area contributed by atoms with Gasteiger partial charge in [0.15, 0.2) is 5.96 Å². The first-order chi connectivity index (χ1) is 11.3. The molecule has 5 nitrogen and oxygen atoms in total. The van der Waals surface area contributed by atoms with Crippen LogP contribution in [0.2, 0.25) is 0 Å². The molecule has 0 aromatic heterocycles. The molecule has 2 heterocycles. The van der Waals surface area contributed by atoms with E-state index in [0.29, 0.717) is 24.9 Å². The van der Waals surface area contributed by atoms with E-state index in [-0.39, 0.29) is 0 Å². The molecule has 126 valence electrons. The van der Waals surface area contributed by atoms with Crippen molar-refractivity contribution in [2.24, 2.45) is 4.99 Å². The number of nitrogens with zero attached hydrogens (tertiary/aromatic N) is 1. The minimum Gasteiger partial charge on any atom is -0.494 e. The molecule has 1 aromatic rings. The topological polar surface area (TPSA) is 54.9 Å². The van der Waals surface area contributed by atoms with E-state index >= 15 is 0 Å². The zero-order chi connectivity index (χ0) is 16.1. The van der Waals surface area contributed by atoms with Crippen molar-refractivity contribution in [1.29, 1.82) is 0 Å². The number of fused-ring (bicyclic) bond motifs is 2. The summed E-state index contributed by atoms with van der Waals surface area (Å²) in [6.07, 6.45) is 5.24. The van der Waals surface area contributed by atoms with Gasteiger partial charge in [0.05, 0.1) is 24.9 Å². The zero-order valence-electron chi connectivity index (χ0n) is 14.0. The number of nitrogens with one attached hydrogen (secondary N) is 2. The Bertz CT molecular complexity index is 547. The van der Waals surface area contributed by atoms with Gasteiger partial charge >= 0.3 is 0 Å². The number of benzene rings is 1. The summed E-state index contributed by atoms with van der Waals surface area (Å²) in [4.78, 5) is 4.33. The summed E-state index contributed by atoms with van der Waals surface area (Å²) in [5.74, 6) is 1.80. The second kappa shape index (κ2) is 7.68. The van der Waals surface area contributed by atoms with Gasteiger partial charge in [-0.2, -0.15) is 0 Å². The molecule has 3 unspecified atom stereocenters. The maximum Gasteiger partial charge on any atom is 0.191 e. The van der Waals surface area contributed by atoms with Crippen molar-refractivity contribution in [3.63, 3.8) is 0 Å². The molecule has 0 amide bonds. The van der Waals surface area contributed by atoms with Gasteiger partial charge in [-0.05, 0) is 50.3 Å². The van der Waals surface area contributed by atoms with E-state index < -0.39 is 0 Å². The van der Waals surface area contributed by atoms with Gasteiger partial charge in [-0.25, -0.2) is 0 Å². The molecule has 0 saturated carbocycles. The number of aliphatic imine (C=N–C) groups is 1. The molecule has 0 radical (unpaired) electrons. The fourth-order valence-electron chi connectivity index (χ4n) is 3.44. The standard InChI is InChI=1S/C18H27N3O2/c1-3-22-14-6-4-5-13(11-14)9-10-20-18(19-2)21-16-12-15-7-8-17(16)23-15/h4-6,11,15-17H,3,7-10,12H2,1-2H3,(H2,19,20,21). The lowest BCUT2D eigenvalue weighted by Gasteiger charge is -2.22. The van der Waals surface area contributed by atoms with Crippen LogP contribution in [0.3, 0.4) is 0 Å². The van der Waals surface area contributed by atoms with Crippen LogP contribution in [0.1, 0.15) is 31.7 Å². The highest BCUT2D eigenvalue weighted by molar-refractivity contribution is 5.80. The van der Waals surface area contributed by atoms with Crippen LogP contribution in [0.15, 0.2) is 29.3 Å². The van der Waals surface area contributed by atoms with Crippen molar-refractivity contribution in [3.8, 4) is 5.75 Å². The van der Waals surface area contributed by atoms with E-state index in [0.717, 1.165) is 31.1 Å². The summed E-state index contributed by atoms with van der Waals surface area (Å²) >= 11 is 0. The summed E-state index contributed by atoms with van der Waals surface area (Å²) in [6.45, 7) is 3.55. The van der Waals surface area contributed by atoms with Gasteiger partial charge in [0.1, 0.15) is 5.75 Å². The van der Waals surface area contributed by atoms with E-state index in [2.05, 4.69) is 27.8 Å². The van der Waals surface area contributed by atoms with E-state index in [9.17, 15) is 0 Å². The van der Waals surface area contributed by atoms with Crippen LogP contribution >= 0.6 is 0 Å². The zero-order valence-corrected chi connectivity index (χ0v) is 14.0. The third-order valence-corrected chi connectivity index (χ3v) is 4.57. The Labute approximate surface area is 138 Å². The summed E-state index contributed by atoms with van der Waals surface area (Å²) in [6, 6.07) is 8.67. The van der Waals surface area contributed by atoms with Crippen molar-refractivity contribution in [3.05, 3.63) is 29.8 Å². The molecule has 2 aliphatic heterocycles. The highest BCUT2D eigenvalue weighted by Gasteiger charge is 2.41. The lowest BCUT2D eigenvalue weighted by molar-refractivity contribution is 0.0992. The minimum atomic E-state index is 0.362. The van der Waals surface area contributed by atoms with Gasteiger partial charge in [-0.3, -0.25) is 4.99 Å². The van der Waals surface area contributed by atoms with Crippen molar-refractivity contribution < 1.29 is 9.47 Å². The van der Waals surface area contributed by atoms with Crippen LogP contribution in [0.5, 0.6) is 5.75 Å². The summed E-state index contributed by atoms with van der Waals surface area (Å²) in [5, 5.41) is 6.90. The van der Waals surface area contributed by atoms with Crippen LogP contribution in [-0.2, 0) is 11.2 Å². The summed E-state index contributed by atoms with van der Waals surface area (Å²) in [7, 11) is 1.82. The molecule has 2 aliphatic rings. The van der Waals surface area contributed by atoms with E-state index in [4.69, 9.17) is 9.47 Å². The fourth-order valence-corrected chi connectivity index (χ4v) is 3.44. The Hall–Kier alpha value is -1.75. The molecule has 0 aliphatic carbocycles. The van der Waals surface area contributed by atoms with Crippen LogP contribution < -0.4 is 15.4 Å². The average Bonchev–Trinajstić information content (AvgIpc) is 3.17. The monoisotopic (exact) mass is 317 g/mol. The molecule has 5 heteroatoms. The highest BCUT2D eigenvalue weighted by Crippen LogP contribution is 2.34. The fraction of sp³-hybridized carbons (Fsp3) is 0.611. The lowest BCUT2D eigenvalue weighted by atomic mass is 9.96. The van der Waals surface area contributed by atoms with Crippen molar-refractivity contribution in [2.45, 2.75) is 50.9 Å². The number of hydrogen-bond donors (Lipinski definition) is 2. The quantitative estimate of drug-likeness (QED) is 0.623. The van der Waals surface area contributed by atoms with Gasteiger partial charge in [-0.1, -0.05) is 12.1 Å². The second-order valence-electron chi connectivity index (χ2n) is 6.19. The van der Waals surface area contributed by atoms with E-state index in [1.165, 1.54) is 18.4 Å². The molecule has 2 fully saturated rings. The van der Waals surface area contributed by atoms with Gasteiger partial charge in [-0.15, -0.1) is 0 Å². The molecular formula is C18H27N3O2. The third kappa shape index (κ3) is 4.16. The molecule has 3 atom stereocenters. The Morgan fingerprint density at radius 3 is 3.00 bits per heavy atom. The lowest BCUT2D eigenvalue weighted by Crippen LogP contribution is -2.47. The Morgan fingerprint density at radius 1 is 1.39 bits per heavy atom. The highest BCUT2D eigenvalue weighted by atomic mass is 16.5. The van der Waals surface area contributed by atoms with Crippen molar-refractivity contribution >= 4 is 5.96 Å². The first-order valence-electron chi connectivity index (χ1n) is 8.63. The Kier molecular flexibility index (Phi) is 5.39. The molecule has 3 rings (SSSR count). The van der Waals surface area contributed by atoms with Crippen LogP contribution in [0.25, 0.3) is 0 Å². The predicted molar refractivity (Wildman–Crippen MR) is 92.1 cm³/mol. The molecule has 0 spiro atoms. The normalized spacial score (nSPS) is 26.3. The van der Waals surface area contributed by atoms with Gasteiger partial charge < -0.3 is 20.1 Å². The smallest absolute Gasteiger partial charge is 0.191 e. The number of ether oxygens (including phenoxy) is 2. The van der Waals surface area contributed by atoms with E-state index in [1.54, 1.807) is 0 Å². The van der Waals surface area contributed by atoms with Gasteiger partial charge in [0.25, 0.3) is 0 Å². The SMILES string of the molecule is CCOc1cccc(CCNC(=NC)NC2CC3CCC2O3)c1. The first-order valence-corrected chi connectivity index (χ1v) is 8.63. The van der Waals surface area contributed by atoms with Crippen molar-refractivity contribution in [1.82, 2.24) is 10.6 Å². The maximum absolute atomic E-state index is 5.88. The number of rotatable bonds is 6. The summed E-state index contributed by atoms with van der Waals surface area (Å²) < 4.78 is 11.4. The maximum atomic E-state index is 5.88. The third-order valence-electron chi connectivity index (χ3n) is 4.57. The molecule has 1 aromatic carbocycles. The molecule has 23 heavy (non-hydrogen) atoms. The second-order valence-corrected chi connectivity index (χ2v) is 6.19. The van der Waals surface area contributed by atoms with Gasteiger partial charge in [0.2, 0.25) is 0 Å².